The van der Waals surface area contributed by atoms with Crippen molar-refractivity contribution >= 4 is 17.5 Å². The molecule has 3 rings (SSSR count). The van der Waals surface area contributed by atoms with Gasteiger partial charge in [-0.1, -0.05) is 24.3 Å². The Morgan fingerprint density at radius 3 is 2.43 bits per heavy atom. The van der Waals surface area contributed by atoms with E-state index < -0.39 is 5.82 Å². The second-order valence-corrected chi connectivity index (χ2v) is 6.72. The number of carbonyl (C=O) groups is 2. The summed E-state index contributed by atoms with van der Waals surface area (Å²) in [6.45, 7) is 2.66. The monoisotopic (exact) mass is 385 g/mol. The highest BCUT2D eigenvalue weighted by Crippen LogP contribution is 2.18. The molecule has 148 valence electrons. The second kappa shape index (κ2) is 9.32. The molecule has 28 heavy (non-hydrogen) atoms. The minimum atomic E-state index is -0.470. The van der Waals surface area contributed by atoms with E-state index in [9.17, 15) is 14.0 Å². The zero-order chi connectivity index (χ0) is 19.9. The van der Waals surface area contributed by atoms with Crippen LogP contribution in [0.4, 0.5) is 10.1 Å². The summed E-state index contributed by atoms with van der Waals surface area (Å²) in [7, 11) is 1.41. The molecule has 1 aliphatic heterocycles. The number of hydrogen-bond acceptors (Lipinski definition) is 4. The first kappa shape index (κ1) is 19.8. The van der Waals surface area contributed by atoms with Gasteiger partial charge in [0, 0.05) is 31.9 Å². The molecule has 1 heterocycles. The molecule has 1 N–H and O–H groups in total. The van der Waals surface area contributed by atoms with Crippen molar-refractivity contribution in [3.8, 4) is 5.75 Å². The molecule has 6 nitrogen and oxygen atoms in total. The number of carbonyl (C=O) groups excluding carboxylic acids is 2. The van der Waals surface area contributed by atoms with E-state index in [0.717, 1.165) is 5.69 Å². The number of halogens is 1. The smallest absolute Gasteiger partial charge is 0.238 e. The fraction of sp³-hybridized carbons (Fsp3) is 0.333. The molecule has 0 bridgehead atoms. The van der Waals surface area contributed by atoms with Gasteiger partial charge in [0.25, 0.3) is 0 Å². The van der Waals surface area contributed by atoms with Gasteiger partial charge in [-0.15, -0.1) is 0 Å². The first-order chi connectivity index (χ1) is 13.5. The molecule has 7 heteroatoms. The quantitative estimate of drug-likeness (QED) is 0.828. The lowest BCUT2D eigenvalue weighted by Crippen LogP contribution is -2.50. The van der Waals surface area contributed by atoms with Gasteiger partial charge in [-0.3, -0.25) is 14.5 Å². The summed E-state index contributed by atoms with van der Waals surface area (Å²) < 4.78 is 18.7. The highest BCUT2D eigenvalue weighted by molar-refractivity contribution is 5.92. The Labute approximate surface area is 163 Å². The summed E-state index contributed by atoms with van der Waals surface area (Å²) >= 11 is 0. The Bertz CT molecular complexity index is 821. The van der Waals surface area contributed by atoms with Gasteiger partial charge in [0.05, 0.1) is 20.1 Å². The molecule has 2 aromatic carbocycles. The highest BCUT2D eigenvalue weighted by atomic mass is 19.1. The van der Waals surface area contributed by atoms with Crippen molar-refractivity contribution < 1.29 is 18.7 Å². The molecule has 1 aliphatic rings. The van der Waals surface area contributed by atoms with E-state index in [1.54, 1.807) is 11.0 Å². The number of hydrogen-bond donors (Lipinski definition) is 1. The third-order valence-electron chi connectivity index (χ3n) is 4.72. The predicted octanol–water partition coefficient (Wildman–Crippen LogP) is 2.16. The number of piperazine rings is 1. The van der Waals surface area contributed by atoms with Crippen molar-refractivity contribution in [1.82, 2.24) is 9.80 Å². The Balaban J connectivity index is 1.45. The number of para-hydroxylation sites is 1. The van der Waals surface area contributed by atoms with E-state index in [0.29, 0.717) is 38.3 Å². The molecule has 0 atom stereocenters. The molecule has 1 fully saturated rings. The van der Waals surface area contributed by atoms with Crippen LogP contribution in [0.1, 0.15) is 5.56 Å². The summed E-state index contributed by atoms with van der Waals surface area (Å²) in [5, 5.41) is 2.86. The number of amides is 2. The molecule has 0 radical (unpaired) electrons. The lowest BCUT2D eigenvalue weighted by atomic mass is 10.1. The van der Waals surface area contributed by atoms with Crippen LogP contribution in [0.3, 0.4) is 0 Å². The molecular weight excluding hydrogens is 361 g/mol. The normalized spacial score (nSPS) is 14.6. The van der Waals surface area contributed by atoms with Crippen LogP contribution in [0.15, 0.2) is 48.5 Å². The van der Waals surface area contributed by atoms with Crippen LogP contribution in [0.2, 0.25) is 0 Å². The van der Waals surface area contributed by atoms with Gasteiger partial charge in [0.1, 0.15) is 0 Å². The van der Waals surface area contributed by atoms with Gasteiger partial charge < -0.3 is 15.0 Å². The van der Waals surface area contributed by atoms with Crippen molar-refractivity contribution in [2.75, 3.05) is 45.2 Å². The lowest BCUT2D eigenvalue weighted by molar-refractivity contribution is -0.132. The highest BCUT2D eigenvalue weighted by Gasteiger charge is 2.22. The van der Waals surface area contributed by atoms with E-state index in [1.807, 2.05) is 35.2 Å². The van der Waals surface area contributed by atoms with E-state index in [-0.39, 0.29) is 24.0 Å². The number of methoxy groups -OCH3 is 1. The van der Waals surface area contributed by atoms with Crippen LogP contribution >= 0.6 is 0 Å². The molecular formula is C21H24FN3O3. The minimum Gasteiger partial charge on any atom is -0.494 e. The van der Waals surface area contributed by atoms with Crippen molar-refractivity contribution in [2.24, 2.45) is 0 Å². The van der Waals surface area contributed by atoms with Crippen LogP contribution < -0.4 is 10.1 Å². The van der Waals surface area contributed by atoms with Crippen molar-refractivity contribution in [3.05, 3.63) is 59.9 Å². The molecule has 1 saturated heterocycles. The molecule has 0 spiro atoms. The summed E-state index contributed by atoms with van der Waals surface area (Å²) in [5.41, 5.74) is 1.39. The number of rotatable bonds is 6. The Morgan fingerprint density at radius 1 is 1.07 bits per heavy atom. The number of anilines is 1. The third kappa shape index (κ3) is 5.29. The van der Waals surface area contributed by atoms with Crippen LogP contribution in [0, 0.1) is 5.82 Å². The molecule has 0 aromatic heterocycles. The van der Waals surface area contributed by atoms with Gasteiger partial charge in [-0.05, 0) is 29.8 Å². The van der Waals surface area contributed by atoms with Crippen molar-refractivity contribution in [3.63, 3.8) is 0 Å². The van der Waals surface area contributed by atoms with Gasteiger partial charge in [-0.2, -0.15) is 0 Å². The van der Waals surface area contributed by atoms with E-state index >= 15 is 0 Å². The summed E-state index contributed by atoms with van der Waals surface area (Å²) in [4.78, 5) is 28.4. The van der Waals surface area contributed by atoms with Gasteiger partial charge in [-0.25, -0.2) is 4.39 Å². The number of benzene rings is 2. The molecule has 0 saturated carbocycles. The van der Waals surface area contributed by atoms with E-state index in [4.69, 9.17) is 4.74 Å². The van der Waals surface area contributed by atoms with Crippen LogP contribution in [-0.2, 0) is 16.0 Å². The van der Waals surface area contributed by atoms with Crippen LogP contribution in [0.5, 0.6) is 5.75 Å². The zero-order valence-corrected chi connectivity index (χ0v) is 15.9. The van der Waals surface area contributed by atoms with E-state index in [2.05, 4.69) is 5.32 Å². The van der Waals surface area contributed by atoms with Gasteiger partial charge in [0.2, 0.25) is 11.8 Å². The summed E-state index contributed by atoms with van der Waals surface area (Å²) in [6.07, 6.45) is 0.148. The van der Waals surface area contributed by atoms with Crippen molar-refractivity contribution in [1.29, 1.82) is 0 Å². The standard InChI is InChI=1S/C21H24FN3O3/c1-28-19-8-7-16(13-18(19)22)14-21(27)25-11-9-24(10-12-25)15-20(26)23-17-5-3-2-4-6-17/h2-8,13H,9-12,14-15H2,1H3,(H,23,26). The minimum absolute atomic E-state index is 0.0436. The zero-order valence-electron chi connectivity index (χ0n) is 15.9. The largest absolute Gasteiger partial charge is 0.494 e. The lowest BCUT2D eigenvalue weighted by Gasteiger charge is -2.34. The maximum atomic E-state index is 13.8. The fourth-order valence-electron chi connectivity index (χ4n) is 3.19. The van der Waals surface area contributed by atoms with Crippen LogP contribution in [-0.4, -0.2) is 61.4 Å². The maximum Gasteiger partial charge on any atom is 0.238 e. The Morgan fingerprint density at radius 2 is 1.79 bits per heavy atom. The first-order valence-electron chi connectivity index (χ1n) is 9.22. The average molecular weight is 385 g/mol. The molecule has 0 unspecified atom stereocenters. The van der Waals surface area contributed by atoms with Crippen LogP contribution in [0.25, 0.3) is 0 Å². The van der Waals surface area contributed by atoms with Crippen molar-refractivity contribution in [2.45, 2.75) is 6.42 Å². The molecule has 0 aliphatic carbocycles. The second-order valence-electron chi connectivity index (χ2n) is 6.72. The van der Waals surface area contributed by atoms with Gasteiger partial charge in [0.15, 0.2) is 11.6 Å². The number of ether oxygens (including phenoxy) is 1. The fourth-order valence-corrected chi connectivity index (χ4v) is 3.19. The Hall–Kier alpha value is -2.93. The average Bonchev–Trinajstić information content (AvgIpc) is 2.69. The third-order valence-corrected chi connectivity index (χ3v) is 4.72. The number of nitrogens with one attached hydrogen (secondary N) is 1. The predicted molar refractivity (Wildman–Crippen MR) is 105 cm³/mol. The topological polar surface area (TPSA) is 61.9 Å². The maximum absolute atomic E-state index is 13.8. The van der Waals surface area contributed by atoms with Gasteiger partial charge >= 0.3 is 0 Å². The Kier molecular flexibility index (Phi) is 6.60. The summed E-state index contributed by atoms with van der Waals surface area (Å²) in [5.74, 6) is -0.418. The summed E-state index contributed by atoms with van der Waals surface area (Å²) in [6, 6.07) is 13.9. The SMILES string of the molecule is COc1ccc(CC(=O)N2CCN(CC(=O)Nc3ccccc3)CC2)cc1F. The molecule has 2 amide bonds. The molecule has 2 aromatic rings. The van der Waals surface area contributed by atoms with E-state index in [1.165, 1.54) is 19.2 Å². The number of nitrogens with zero attached hydrogens (tertiary/aromatic N) is 2. The first-order valence-corrected chi connectivity index (χ1v) is 9.22.